The topological polar surface area (TPSA) is 113 Å². The van der Waals surface area contributed by atoms with Gasteiger partial charge in [-0.2, -0.15) is 0 Å². The molecule has 1 N–H and O–H groups in total. The summed E-state index contributed by atoms with van der Waals surface area (Å²) in [5, 5.41) is 2.57. The maximum absolute atomic E-state index is 13.5. The number of sulfonamides is 2. The first-order valence-electron chi connectivity index (χ1n) is 9.52. The van der Waals surface area contributed by atoms with Crippen LogP contribution in [-0.4, -0.2) is 66.6 Å². The molecule has 0 saturated heterocycles. The van der Waals surface area contributed by atoms with Crippen molar-refractivity contribution >= 4 is 31.6 Å². The number of ether oxygens (including phenoxy) is 1. The lowest BCUT2D eigenvalue weighted by Gasteiger charge is -2.28. The largest absolute Gasteiger partial charge is 0.492 e. The summed E-state index contributed by atoms with van der Waals surface area (Å²) >= 11 is 0. The monoisotopic (exact) mass is 487 g/mol. The highest BCUT2D eigenvalue weighted by Crippen LogP contribution is 2.22. The third-order valence-electron chi connectivity index (χ3n) is 4.42. The van der Waals surface area contributed by atoms with Gasteiger partial charge in [-0.15, -0.1) is 0 Å². The van der Waals surface area contributed by atoms with E-state index in [-0.39, 0.29) is 23.7 Å². The van der Waals surface area contributed by atoms with Gasteiger partial charge in [-0.25, -0.2) is 25.5 Å². The van der Waals surface area contributed by atoms with Crippen molar-refractivity contribution in [3.05, 3.63) is 54.3 Å². The lowest BCUT2D eigenvalue weighted by molar-refractivity contribution is -0.121. The molecule has 0 aliphatic heterocycles. The number of nitrogens with one attached hydrogen (secondary N) is 1. The highest BCUT2D eigenvalue weighted by Gasteiger charge is 2.29. The van der Waals surface area contributed by atoms with Gasteiger partial charge in [-0.1, -0.05) is 6.07 Å². The van der Waals surface area contributed by atoms with Crippen LogP contribution >= 0.6 is 0 Å². The summed E-state index contributed by atoms with van der Waals surface area (Å²) in [5.41, 5.74) is 0.0409. The zero-order valence-electron chi connectivity index (χ0n) is 18.1. The van der Waals surface area contributed by atoms with E-state index in [0.717, 1.165) is 20.9 Å². The number of nitrogens with zero attached hydrogens (tertiary/aromatic N) is 2. The first-order valence-corrected chi connectivity index (χ1v) is 12.8. The minimum Gasteiger partial charge on any atom is -0.492 e. The molecule has 1 atom stereocenters. The van der Waals surface area contributed by atoms with Crippen molar-refractivity contribution in [2.45, 2.75) is 17.9 Å². The van der Waals surface area contributed by atoms with Crippen molar-refractivity contribution in [2.75, 3.05) is 37.8 Å². The molecule has 2 aromatic carbocycles. The highest BCUT2D eigenvalue weighted by atomic mass is 32.2. The van der Waals surface area contributed by atoms with Crippen LogP contribution in [0.1, 0.15) is 6.92 Å². The van der Waals surface area contributed by atoms with Gasteiger partial charge >= 0.3 is 0 Å². The molecule has 0 radical (unpaired) electrons. The number of anilines is 1. The van der Waals surface area contributed by atoms with Crippen molar-refractivity contribution in [2.24, 2.45) is 0 Å². The quantitative estimate of drug-likeness (QED) is 0.507. The summed E-state index contributed by atoms with van der Waals surface area (Å²) in [6, 6.07) is 9.66. The van der Waals surface area contributed by atoms with E-state index in [0.29, 0.717) is 5.75 Å². The second-order valence-electron chi connectivity index (χ2n) is 7.11. The number of amides is 1. The summed E-state index contributed by atoms with van der Waals surface area (Å²) in [5.74, 6) is -0.806. The zero-order chi connectivity index (χ0) is 24.1. The van der Waals surface area contributed by atoms with Crippen LogP contribution in [0.5, 0.6) is 5.75 Å². The average Bonchev–Trinajstić information content (AvgIpc) is 2.70. The number of benzene rings is 2. The van der Waals surface area contributed by atoms with Gasteiger partial charge in [0.1, 0.15) is 24.2 Å². The van der Waals surface area contributed by atoms with Crippen molar-refractivity contribution < 1.29 is 30.8 Å². The van der Waals surface area contributed by atoms with E-state index in [4.69, 9.17) is 4.74 Å². The summed E-state index contributed by atoms with van der Waals surface area (Å²) in [4.78, 5) is 12.6. The Balaban J connectivity index is 1.95. The summed E-state index contributed by atoms with van der Waals surface area (Å²) in [6.07, 6.45) is 0.935. The van der Waals surface area contributed by atoms with Crippen LogP contribution < -0.4 is 14.4 Å². The number of halogens is 1. The molecule has 0 bridgehead atoms. The molecule has 0 spiro atoms. The van der Waals surface area contributed by atoms with Crippen LogP contribution in [0.15, 0.2) is 53.4 Å². The second kappa shape index (κ2) is 10.3. The number of carbonyl (C=O) groups excluding carboxylic acids is 1. The molecule has 0 heterocycles. The molecule has 0 unspecified atom stereocenters. The Morgan fingerprint density at radius 1 is 1.09 bits per heavy atom. The lowest BCUT2D eigenvalue weighted by Crippen LogP contribution is -2.48. The van der Waals surface area contributed by atoms with Gasteiger partial charge in [0.25, 0.3) is 0 Å². The van der Waals surface area contributed by atoms with Crippen LogP contribution in [0.3, 0.4) is 0 Å². The Kier molecular flexibility index (Phi) is 8.21. The number of carbonyl (C=O) groups is 1. The fourth-order valence-electron chi connectivity index (χ4n) is 2.83. The molecule has 9 nitrogen and oxygen atoms in total. The van der Waals surface area contributed by atoms with Crippen molar-refractivity contribution in [3.63, 3.8) is 0 Å². The molecule has 12 heteroatoms. The fraction of sp³-hybridized carbons (Fsp3) is 0.350. The van der Waals surface area contributed by atoms with Crippen molar-refractivity contribution in [1.82, 2.24) is 9.62 Å². The third-order valence-corrected chi connectivity index (χ3v) is 7.49. The third kappa shape index (κ3) is 6.40. The predicted octanol–water partition coefficient (Wildman–Crippen LogP) is 1.43. The van der Waals surface area contributed by atoms with Gasteiger partial charge in [-0.05, 0) is 49.4 Å². The van der Waals surface area contributed by atoms with Crippen LogP contribution in [0, 0.1) is 5.82 Å². The molecule has 32 heavy (non-hydrogen) atoms. The van der Waals surface area contributed by atoms with E-state index in [2.05, 4.69) is 5.32 Å². The zero-order valence-corrected chi connectivity index (χ0v) is 19.8. The number of hydrogen-bond acceptors (Lipinski definition) is 6. The van der Waals surface area contributed by atoms with Crippen LogP contribution in [0.2, 0.25) is 0 Å². The molecule has 2 aromatic rings. The molecule has 0 aliphatic carbocycles. The molecule has 1 amide bonds. The fourth-order valence-corrected chi connectivity index (χ4v) is 4.90. The molecule has 176 valence electrons. The molecule has 0 aliphatic rings. The standard InChI is InChI=1S/C20H26FN3O6S2/c1-15(24(31(4,26)27)17-7-5-6-16(21)14-17)20(25)22-12-13-30-18-8-10-19(11-9-18)32(28,29)23(2)3/h5-11,14-15H,12-13H2,1-4H3,(H,22,25)/t15-/m1/s1. The smallest absolute Gasteiger partial charge is 0.243 e. The summed E-state index contributed by atoms with van der Waals surface area (Å²) < 4.78 is 69.5. The maximum atomic E-state index is 13.5. The first-order chi connectivity index (χ1) is 14.8. The van der Waals surface area contributed by atoms with Crippen LogP contribution in [-0.2, 0) is 24.8 Å². The minimum absolute atomic E-state index is 0.0409. The van der Waals surface area contributed by atoms with Crippen molar-refractivity contribution in [1.29, 1.82) is 0 Å². The van der Waals surface area contributed by atoms with Gasteiger partial charge in [-0.3, -0.25) is 9.10 Å². The Morgan fingerprint density at radius 2 is 1.72 bits per heavy atom. The van der Waals surface area contributed by atoms with E-state index in [1.165, 1.54) is 63.5 Å². The summed E-state index contributed by atoms with van der Waals surface area (Å²) in [7, 11) is -4.53. The van der Waals surface area contributed by atoms with E-state index in [1.807, 2.05) is 0 Å². The van der Waals surface area contributed by atoms with E-state index in [1.54, 1.807) is 0 Å². The number of rotatable bonds is 10. The van der Waals surface area contributed by atoms with Gasteiger partial charge in [0, 0.05) is 14.1 Å². The van der Waals surface area contributed by atoms with Crippen molar-refractivity contribution in [3.8, 4) is 5.75 Å². The number of hydrogen-bond donors (Lipinski definition) is 1. The Labute approximate surface area is 187 Å². The molecule has 0 saturated carbocycles. The van der Waals surface area contributed by atoms with E-state index >= 15 is 0 Å². The average molecular weight is 488 g/mol. The lowest BCUT2D eigenvalue weighted by atomic mass is 10.2. The Hall–Kier alpha value is -2.70. The molecule has 2 rings (SSSR count). The molecule has 0 aromatic heterocycles. The van der Waals surface area contributed by atoms with Gasteiger partial charge in [0.05, 0.1) is 23.4 Å². The van der Waals surface area contributed by atoms with E-state index < -0.39 is 37.8 Å². The van der Waals surface area contributed by atoms with Gasteiger partial charge in [0.2, 0.25) is 26.0 Å². The minimum atomic E-state index is -3.85. The van der Waals surface area contributed by atoms with Gasteiger partial charge in [0.15, 0.2) is 0 Å². The highest BCUT2D eigenvalue weighted by molar-refractivity contribution is 7.92. The SMILES string of the molecule is C[C@H](C(=O)NCCOc1ccc(S(=O)(=O)N(C)C)cc1)N(c1cccc(F)c1)S(C)(=O)=O. The van der Waals surface area contributed by atoms with E-state index in [9.17, 15) is 26.0 Å². The maximum Gasteiger partial charge on any atom is 0.243 e. The Morgan fingerprint density at radius 3 is 2.25 bits per heavy atom. The molecule has 0 fully saturated rings. The molecular weight excluding hydrogens is 461 g/mol. The predicted molar refractivity (Wildman–Crippen MR) is 119 cm³/mol. The Bertz CT molecular complexity index is 1150. The second-order valence-corrected chi connectivity index (χ2v) is 11.1. The first kappa shape index (κ1) is 25.6. The van der Waals surface area contributed by atoms with Gasteiger partial charge < -0.3 is 10.1 Å². The van der Waals surface area contributed by atoms with Crippen LogP contribution in [0.25, 0.3) is 0 Å². The van der Waals surface area contributed by atoms with Crippen LogP contribution in [0.4, 0.5) is 10.1 Å². The molecular formula is C20H26FN3O6S2. The summed E-state index contributed by atoms with van der Waals surface area (Å²) in [6.45, 7) is 1.53. The normalized spacial score (nSPS) is 12.9.